The third-order valence-electron chi connectivity index (χ3n) is 2.12. The molecule has 0 bridgehead atoms. The summed E-state index contributed by atoms with van der Waals surface area (Å²) in [7, 11) is 0. The predicted molar refractivity (Wildman–Crippen MR) is 59.7 cm³/mol. The van der Waals surface area contributed by atoms with Gasteiger partial charge in [-0.3, -0.25) is 4.79 Å². The van der Waals surface area contributed by atoms with E-state index in [-0.39, 0.29) is 18.0 Å². The molecular formula is C10H11ClN2O. The maximum absolute atomic E-state index is 11.4. The Morgan fingerprint density at radius 2 is 1.86 bits per heavy atom. The van der Waals surface area contributed by atoms with Crippen molar-refractivity contribution >= 4 is 23.2 Å². The van der Waals surface area contributed by atoms with E-state index in [2.05, 4.69) is 4.98 Å². The van der Waals surface area contributed by atoms with Crippen molar-refractivity contribution in [2.45, 2.75) is 6.54 Å². The van der Waals surface area contributed by atoms with E-state index in [1.54, 1.807) is 12.3 Å². The van der Waals surface area contributed by atoms with E-state index in [0.717, 1.165) is 10.9 Å². The molecule has 0 fully saturated rings. The molecule has 3 nitrogen and oxygen atoms in total. The lowest BCUT2D eigenvalue weighted by Gasteiger charge is -2.01. The van der Waals surface area contributed by atoms with Gasteiger partial charge in [0.05, 0.1) is 0 Å². The summed E-state index contributed by atoms with van der Waals surface area (Å²) in [4.78, 5) is 14.0. The molecule has 74 valence electrons. The van der Waals surface area contributed by atoms with Crippen molar-refractivity contribution in [1.82, 2.24) is 4.98 Å². The van der Waals surface area contributed by atoms with E-state index in [1.807, 2.05) is 18.2 Å². The van der Waals surface area contributed by atoms with Gasteiger partial charge in [-0.05, 0) is 17.0 Å². The summed E-state index contributed by atoms with van der Waals surface area (Å²) >= 11 is 0. The summed E-state index contributed by atoms with van der Waals surface area (Å²) in [6.07, 6.45) is 1.67. The topological polar surface area (TPSA) is 58.9 Å². The Morgan fingerprint density at radius 3 is 2.50 bits per heavy atom. The fraction of sp³-hybridized carbons (Fsp3) is 0.100. The number of nitrogens with one attached hydrogen (secondary N) is 1. The number of halogens is 1. The Balaban J connectivity index is 0.000000980. The first-order valence-electron chi connectivity index (χ1n) is 4.12. The third kappa shape index (κ3) is 1.64. The molecule has 3 N–H and O–H groups in total. The first-order chi connectivity index (χ1) is 6.33. The SMILES string of the molecule is Cl.NCc1c[nH]c(=O)c2ccccc12. The highest BCUT2D eigenvalue weighted by Gasteiger charge is 2.00. The molecule has 0 amide bonds. The average Bonchev–Trinajstić information content (AvgIpc) is 2.19. The van der Waals surface area contributed by atoms with Crippen LogP contribution < -0.4 is 11.3 Å². The second-order valence-corrected chi connectivity index (χ2v) is 2.89. The van der Waals surface area contributed by atoms with Gasteiger partial charge in [0.15, 0.2) is 0 Å². The molecule has 0 radical (unpaired) electrons. The standard InChI is InChI=1S/C10H10N2O.ClH/c11-5-7-6-12-10(13)9-4-2-1-3-8(7)9;/h1-4,6H,5,11H2,(H,12,13);1H. The number of pyridine rings is 1. The summed E-state index contributed by atoms with van der Waals surface area (Å²) in [6, 6.07) is 7.46. The number of rotatable bonds is 1. The van der Waals surface area contributed by atoms with Gasteiger partial charge in [0.2, 0.25) is 0 Å². The van der Waals surface area contributed by atoms with Crippen LogP contribution in [-0.2, 0) is 6.54 Å². The van der Waals surface area contributed by atoms with E-state index in [9.17, 15) is 4.79 Å². The summed E-state index contributed by atoms with van der Waals surface area (Å²) in [6.45, 7) is 0.442. The minimum Gasteiger partial charge on any atom is -0.328 e. The maximum Gasteiger partial charge on any atom is 0.255 e. The van der Waals surface area contributed by atoms with Crippen LogP contribution in [0.2, 0.25) is 0 Å². The lowest BCUT2D eigenvalue weighted by Crippen LogP contribution is -2.08. The van der Waals surface area contributed by atoms with Crippen molar-refractivity contribution in [3.8, 4) is 0 Å². The smallest absolute Gasteiger partial charge is 0.255 e. The second kappa shape index (κ2) is 4.26. The number of fused-ring (bicyclic) bond motifs is 1. The monoisotopic (exact) mass is 210 g/mol. The van der Waals surface area contributed by atoms with Gasteiger partial charge in [0, 0.05) is 18.1 Å². The van der Waals surface area contributed by atoms with Crippen LogP contribution in [0.1, 0.15) is 5.56 Å². The molecule has 2 rings (SSSR count). The normalized spacial score (nSPS) is 9.79. The summed E-state index contributed by atoms with van der Waals surface area (Å²) in [5.74, 6) is 0. The number of nitrogens with two attached hydrogens (primary N) is 1. The van der Waals surface area contributed by atoms with Crippen molar-refractivity contribution in [2.24, 2.45) is 5.73 Å². The van der Waals surface area contributed by atoms with Gasteiger partial charge in [-0.1, -0.05) is 18.2 Å². The molecule has 1 aromatic heterocycles. The molecule has 0 saturated carbocycles. The van der Waals surface area contributed by atoms with Gasteiger partial charge in [-0.2, -0.15) is 0 Å². The molecule has 4 heteroatoms. The highest BCUT2D eigenvalue weighted by Crippen LogP contribution is 2.12. The van der Waals surface area contributed by atoms with Crippen LogP contribution in [-0.4, -0.2) is 4.98 Å². The van der Waals surface area contributed by atoms with Gasteiger partial charge in [-0.15, -0.1) is 12.4 Å². The van der Waals surface area contributed by atoms with Gasteiger partial charge >= 0.3 is 0 Å². The minimum absolute atomic E-state index is 0. The zero-order valence-corrected chi connectivity index (χ0v) is 8.30. The molecule has 0 aliphatic rings. The Morgan fingerprint density at radius 1 is 1.21 bits per heavy atom. The van der Waals surface area contributed by atoms with E-state index >= 15 is 0 Å². The molecule has 0 aliphatic heterocycles. The van der Waals surface area contributed by atoms with Gasteiger partial charge in [0.1, 0.15) is 0 Å². The van der Waals surface area contributed by atoms with Crippen LogP contribution in [0.25, 0.3) is 10.8 Å². The molecular weight excluding hydrogens is 200 g/mol. The number of H-pyrrole nitrogens is 1. The highest BCUT2D eigenvalue weighted by atomic mass is 35.5. The van der Waals surface area contributed by atoms with Crippen LogP contribution in [0.5, 0.6) is 0 Å². The van der Waals surface area contributed by atoms with Gasteiger partial charge in [0.25, 0.3) is 5.56 Å². The Hall–Kier alpha value is -1.32. The third-order valence-corrected chi connectivity index (χ3v) is 2.12. The summed E-state index contributed by atoms with van der Waals surface area (Å²) in [5, 5.41) is 1.64. The maximum atomic E-state index is 11.4. The first-order valence-corrected chi connectivity index (χ1v) is 4.12. The molecule has 0 unspecified atom stereocenters. The van der Waals surface area contributed by atoms with Crippen LogP contribution in [0.4, 0.5) is 0 Å². The largest absolute Gasteiger partial charge is 0.328 e. The van der Waals surface area contributed by atoms with Crippen LogP contribution >= 0.6 is 12.4 Å². The summed E-state index contributed by atoms with van der Waals surface area (Å²) < 4.78 is 0. The van der Waals surface area contributed by atoms with Crippen LogP contribution in [0.15, 0.2) is 35.3 Å². The number of hydrogen-bond donors (Lipinski definition) is 2. The van der Waals surface area contributed by atoms with Crippen molar-refractivity contribution in [3.63, 3.8) is 0 Å². The van der Waals surface area contributed by atoms with E-state index in [1.165, 1.54) is 0 Å². The highest BCUT2D eigenvalue weighted by molar-refractivity contribution is 5.85. The van der Waals surface area contributed by atoms with Gasteiger partial charge < -0.3 is 10.7 Å². The Kier molecular flexibility index (Phi) is 3.28. The van der Waals surface area contributed by atoms with E-state index in [0.29, 0.717) is 11.9 Å². The van der Waals surface area contributed by atoms with E-state index < -0.39 is 0 Å². The summed E-state index contributed by atoms with van der Waals surface area (Å²) in [5.41, 5.74) is 6.45. The zero-order valence-electron chi connectivity index (χ0n) is 7.49. The molecule has 0 saturated heterocycles. The second-order valence-electron chi connectivity index (χ2n) is 2.89. The quantitative estimate of drug-likeness (QED) is 0.748. The molecule has 0 atom stereocenters. The lowest BCUT2D eigenvalue weighted by atomic mass is 10.1. The van der Waals surface area contributed by atoms with Crippen molar-refractivity contribution in [1.29, 1.82) is 0 Å². The molecule has 2 aromatic rings. The van der Waals surface area contributed by atoms with Crippen LogP contribution in [0.3, 0.4) is 0 Å². The molecule has 1 aromatic carbocycles. The molecule has 14 heavy (non-hydrogen) atoms. The van der Waals surface area contributed by atoms with Crippen molar-refractivity contribution < 1.29 is 0 Å². The molecule has 0 spiro atoms. The number of hydrogen-bond acceptors (Lipinski definition) is 2. The average molecular weight is 211 g/mol. The number of benzene rings is 1. The van der Waals surface area contributed by atoms with E-state index in [4.69, 9.17) is 5.73 Å². The molecule has 1 heterocycles. The van der Waals surface area contributed by atoms with Crippen molar-refractivity contribution in [2.75, 3.05) is 0 Å². The van der Waals surface area contributed by atoms with Crippen molar-refractivity contribution in [3.05, 3.63) is 46.4 Å². The van der Waals surface area contributed by atoms with Gasteiger partial charge in [-0.25, -0.2) is 0 Å². The number of aromatic amines is 1. The minimum atomic E-state index is -0.0622. The lowest BCUT2D eigenvalue weighted by molar-refractivity contribution is 1.06. The fourth-order valence-electron chi connectivity index (χ4n) is 1.44. The van der Waals surface area contributed by atoms with Crippen LogP contribution in [0, 0.1) is 0 Å². The Bertz CT molecular complexity index is 493. The number of aromatic nitrogens is 1. The zero-order chi connectivity index (χ0) is 9.26. The first kappa shape index (κ1) is 10.8. The predicted octanol–water partition coefficient (Wildman–Crippen LogP) is 1.41. The Labute approximate surface area is 87.4 Å². The molecule has 0 aliphatic carbocycles. The fourth-order valence-corrected chi connectivity index (χ4v) is 1.44.